The van der Waals surface area contributed by atoms with E-state index in [0.717, 1.165) is 37.2 Å². The fourth-order valence-corrected chi connectivity index (χ4v) is 6.49. The first-order valence-corrected chi connectivity index (χ1v) is 13.1. The van der Waals surface area contributed by atoms with Crippen molar-refractivity contribution >= 4 is 27.0 Å². The predicted octanol–water partition coefficient (Wildman–Crippen LogP) is 3.44. The normalized spacial score (nSPS) is 20.6. The molecule has 0 spiro atoms. The Bertz CT molecular complexity index is 1320. The van der Waals surface area contributed by atoms with E-state index in [9.17, 15) is 18.5 Å². The SMILES string of the molecule is CC1CCN(S(=O)(=O)c2ccc(N3CCC[C@@H](c4nnc5ccccn45)C3)c([N+](=O)[O-])c2)CC1. The maximum Gasteiger partial charge on any atom is 0.293 e. The molecule has 2 fully saturated rings. The number of aromatic nitrogens is 3. The molecule has 2 aliphatic rings. The fourth-order valence-electron chi connectivity index (χ4n) is 5.00. The number of rotatable bonds is 5. The highest BCUT2D eigenvalue weighted by molar-refractivity contribution is 7.89. The largest absolute Gasteiger partial charge is 0.365 e. The molecule has 0 amide bonds. The number of piperidine rings is 2. The molecule has 0 bridgehead atoms. The van der Waals surface area contributed by atoms with Gasteiger partial charge in [-0.1, -0.05) is 13.0 Å². The molecule has 34 heavy (non-hydrogen) atoms. The van der Waals surface area contributed by atoms with Gasteiger partial charge in [0, 0.05) is 44.4 Å². The molecule has 5 rings (SSSR count). The molecular weight excluding hydrogens is 456 g/mol. The number of pyridine rings is 1. The fraction of sp³-hybridized carbons (Fsp3) is 0.478. The summed E-state index contributed by atoms with van der Waals surface area (Å²) in [6, 6.07) is 10.0. The van der Waals surface area contributed by atoms with Gasteiger partial charge in [0.05, 0.1) is 9.82 Å². The number of nitro groups is 1. The van der Waals surface area contributed by atoms with Crippen LogP contribution in [-0.2, 0) is 10.0 Å². The van der Waals surface area contributed by atoms with E-state index in [4.69, 9.17) is 0 Å². The highest BCUT2D eigenvalue weighted by Gasteiger charge is 2.33. The topological polar surface area (TPSA) is 114 Å². The van der Waals surface area contributed by atoms with Gasteiger partial charge in [0.15, 0.2) is 5.65 Å². The van der Waals surface area contributed by atoms with Crippen molar-refractivity contribution in [1.82, 2.24) is 18.9 Å². The van der Waals surface area contributed by atoms with Crippen molar-refractivity contribution in [2.75, 3.05) is 31.1 Å². The molecule has 0 radical (unpaired) electrons. The number of hydrogen-bond acceptors (Lipinski definition) is 7. The van der Waals surface area contributed by atoms with Crippen LogP contribution in [0.15, 0.2) is 47.5 Å². The highest BCUT2D eigenvalue weighted by atomic mass is 32.2. The Kier molecular flexibility index (Phi) is 5.98. The minimum absolute atomic E-state index is 0.0190. The molecule has 1 aromatic carbocycles. The van der Waals surface area contributed by atoms with Crippen molar-refractivity contribution in [2.24, 2.45) is 5.92 Å². The molecule has 11 heteroatoms. The van der Waals surface area contributed by atoms with Gasteiger partial charge in [-0.15, -0.1) is 10.2 Å². The van der Waals surface area contributed by atoms with Crippen molar-refractivity contribution in [2.45, 2.75) is 43.4 Å². The van der Waals surface area contributed by atoms with Crippen LogP contribution in [0.3, 0.4) is 0 Å². The molecule has 0 saturated carbocycles. The van der Waals surface area contributed by atoms with Gasteiger partial charge < -0.3 is 4.90 Å². The van der Waals surface area contributed by atoms with Crippen molar-refractivity contribution in [3.63, 3.8) is 0 Å². The van der Waals surface area contributed by atoms with E-state index in [1.54, 1.807) is 6.07 Å². The van der Waals surface area contributed by atoms with E-state index >= 15 is 0 Å². The zero-order valence-electron chi connectivity index (χ0n) is 19.1. The molecule has 180 valence electrons. The van der Waals surface area contributed by atoms with Crippen LogP contribution in [0.2, 0.25) is 0 Å². The summed E-state index contributed by atoms with van der Waals surface area (Å²) in [6.07, 6.45) is 5.26. The molecule has 0 N–H and O–H groups in total. The average Bonchev–Trinajstić information content (AvgIpc) is 3.28. The van der Waals surface area contributed by atoms with E-state index in [-0.39, 0.29) is 16.5 Å². The third-order valence-electron chi connectivity index (χ3n) is 6.99. The number of sulfonamides is 1. The van der Waals surface area contributed by atoms with Crippen LogP contribution in [0.25, 0.3) is 5.65 Å². The lowest BCUT2D eigenvalue weighted by molar-refractivity contribution is -0.384. The zero-order chi connectivity index (χ0) is 23.9. The Labute approximate surface area is 198 Å². The van der Waals surface area contributed by atoms with E-state index in [1.165, 1.54) is 16.4 Å². The first-order valence-electron chi connectivity index (χ1n) is 11.7. The Balaban J connectivity index is 1.43. The third kappa shape index (κ3) is 4.14. The van der Waals surface area contributed by atoms with E-state index in [2.05, 4.69) is 17.1 Å². The van der Waals surface area contributed by atoms with E-state index < -0.39 is 14.9 Å². The first kappa shape index (κ1) is 22.7. The highest BCUT2D eigenvalue weighted by Crippen LogP contribution is 2.36. The molecule has 3 aromatic rings. The number of fused-ring (bicyclic) bond motifs is 1. The Morgan fingerprint density at radius 3 is 2.62 bits per heavy atom. The standard InChI is InChI=1S/C23H28N6O4S/c1-17-9-13-27(14-10-17)34(32,33)19-7-8-20(21(15-19)29(30)31)26-11-4-5-18(16-26)23-25-24-22-6-2-3-12-28(22)23/h2-3,6-8,12,15,17-18H,4-5,9-11,13-14,16H2,1H3/t18-/m1/s1. The van der Waals surface area contributed by atoms with Crippen LogP contribution < -0.4 is 4.90 Å². The lowest BCUT2D eigenvalue weighted by Gasteiger charge is -2.33. The van der Waals surface area contributed by atoms with Crippen molar-refractivity contribution < 1.29 is 13.3 Å². The van der Waals surface area contributed by atoms with Crippen LogP contribution in [0.4, 0.5) is 11.4 Å². The van der Waals surface area contributed by atoms with Gasteiger partial charge in [-0.3, -0.25) is 14.5 Å². The molecule has 0 aliphatic carbocycles. The summed E-state index contributed by atoms with van der Waals surface area (Å²) in [5, 5.41) is 20.6. The first-order chi connectivity index (χ1) is 16.3. The number of nitro benzene ring substituents is 1. The monoisotopic (exact) mass is 484 g/mol. The lowest BCUT2D eigenvalue weighted by Crippen LogP contribution is -2.38. The van der Waals surface area contributed by atoms with E-state index in [0.29, 0.717) is 37.8 Å². The maximum absolute atomic E-state index is 13.2. The van der Waals surface area contributed by atoms with Gasteiger partial charge in [0.1, 0.15) is 11.5 Å². The second-order valence-corrected chi connectivity index (χ2v) is 11.2. The summed E-state index contributed by atoms with van der Waals surface area (Å²) in [5.41, 5.74) is 1.02. The summed E-state index contributed by atoms with van der Waals surface area (Å²) in [6.45, 7) is 4.20. The minimum atomic E-state index is -3.77. The smallest absolute Gasteiger partial charge is 0.293 e. The molecule has 4 heterocycles. The summed E-state index contributed by atoms with van der Waals surface area (Å²) in [5.74, 6) is 1.38. The number of benzene rings is 1. The molecule has 1 atom stereocenters. The van der Waals surface area contributed by atoms with Crippen molar-refractivity contribution in [1.29, 1.82) is 0 Å². The van der Waals surface area contributed by atoms with Gasteiger partial charge in [-0.05, 0) is 55.9 Å². The summed E-state index contributed by atoms with van der Waals surface area (Å²) in [4.78, 5) is 13.5. The Hall–Kier alpha value is -3.05. The molecule has 0 unspecified atom stereocenters. The van der Waals surface area contributed by atoms with Crippen LogP contribution in [0.5, 0.6) is 0 Å². The van der Waals surface area contributed by atoms with Crippen LogP contribution in [0.1, 0.15) is 44.3 Å². The Morgan fingerprint density at radius 1 is 1.06 bits per heavy atom. The maximum atomic E-state index is 13.2. The molecule has 2 aromatic heterocycles. The van der Waals surface area contributed by atoms with E-state index in [1.807, 2.05) is 33.7 Å². The lowest BCUT2D eigenvalue weighted by atomic mass is 9.96. The van der Waals surface area contributed by atoms with Gasteiger partial charge in [0.25, 0.3) is 5.69 Å². The second-order valence-electron chi connectivity index (χ2n) is 9.27. The van der Waals surface area contributed by atoms with Crippen LogP contribution in [-0.4, -0.2) is 58.4 Å². The van der Waals surface area contributed by atoms with Gasteiger partial charge >= 0.3 is 0 Å². The molecular formula is C23H28N6O4S. The zero-order valence-corrected chi connectivity index (χ0v) is 19.9. The van der Waals surface area contributed by atoms with Crippen molar-refractivity contribution in [3.8, 4) is 0 Å². The van der Waals surface area contributed by atoms with Gasteiger partial charge in [0.2, 0.25) is 10.0 Å². The predicted molar refractivity (Wildman–Crippen MR) is 127 cm³/mol. The second kappa shape index (κ2) is 8.95. The van der Waals surface area contributed by atoms with Crippen molar-refractivity contribution in [3.05, 3.63) is 58.5 Å². The van der Waals surface area contributed by atoms with Gasteiger partial charge in [-0.25, -0.2) is 8.42 Å². The summed E-state index contributed by atoms with van der Waals surface area (Å²) >= 11 is 0. The average molecular weight is 485 g/mol. The summed E-state index contributed by atoms with van der Waals surface area (Å²) in [7, 11) is -3.77. The molecule has 2 aliphatic heterocycles. The van der Waals surface area contributed by atoms with Crippen LogP contribution in [0, 0.1) is 16.0 Å². The minimum Gasteiger partial charge on any atom is -0.365 e. The third-order valence-corrected chi connectivity index (χ3v) is 8.89. The van der Waals surface area contributed by atoms with Gasteiger partial charge in [-0.2, -0.15) is 4.31 Å². The quantitative estimate of drug-likeness (QED) is 0.402. The number of anilines is 1. The number of nitrogens with zero attached hydrogens (tertiary/aromatic N) is 6. The Morgan fingerprint density at radius 2 is 1.85 bits per heavy atom. The molecule has 2 saturated heterocycles. The summed E-state index contributed by atoms with van der Waals surface area (Å²) < 4.78 is 29.7. The number of hydrogen-bond donors (Lipinski definition) is 0. The molecule has 10 nitrogen and oxygen atoms in total. The van der Waals surface area contributed by atoms with Crippen LogP contribution >= 0.6 is 0 Å².